The van der Waals surface area contributed by atoms with Gasteiger partial charge >= 0.3 is 0 Å². The van der Waals surface area contributed by atoms with Crippen molar-refractivity contribution in [2.24, 2.45) is 0 Å². The molecule has 1 amide bonds. The molecule has 0 bridgehead atoms. The summed E-state index contributed by atoms with van der Waals surface area (Å²) >= 11 is 1.50. The van der Waals surface area contributed by atoms with Crippen molar-refractivity contribution in [3.05, 3.63) is 24.3 Å². The molecule has 0 N–H and O–H groups in total. The first-order valence-corrected chi connectivity index (χ1v) is 10.4. The normalized spacial score (nSPS) is 17.5. The molecule has 0 saturated carbocycles. The number of methoxy groups -OCH3 is 1. The highest BCUT2D eigenvalue weighted by Crippen LogP contribution is 2.26. The lowest BCUT2D eigenvalue weighted by molar-refractivity contribution is -0.131. The average molecular weight is 373 g/mol. The minimum Gasteiger partial charge on any atom is -0.497 e. The molecule has 6 nitrogen and oxygen atoms in total. The van der Waals surface area contributed by atoms with Gasteiger partial charge in [-0.15, -0.1) is 11.8 Å². The van der Waals surface area contributed by atoms with Crippen LogP contribution in [0.4, 0.5) is 0 Å². The number of benzene rings is 1. The third-order valence-corrected chi connectivity index (χ3v) is 7.01. The van der Waals surface area contributed by atoms with Crippen molar-refractivity contribution in [3.63, 3.8) is 0 Å². The van der Waals surface area contributed by atoms with E-state index in [1.165, 1.54) is 16.1 Å². The fourth-order valence-corrected chi connectivity index (χ4v) is 4.57. The molecule has 1 aliphatic heterocycles. The Morgan fingerprint density at radius 1 is 1.21 bits per heavy atom. The highest BCUT2D eigenvalue weighted by Gasteiger charge is 2.29. The predicted molar refractivity (Wildman–Crippen MR) is 95.9 cm³/mol. The largest absolute Gasteiger partial charge is 0.497 e. The van der Waals surface area contributed by atoms with Gasteiger partial charge in [0.25, 0.3) is 0 Å². The second kappa shape index (κ2) is 8.22. The highest BCUT2D eigenvalue weighted by atomic mass is 32.2. The van der Waals surface area contributed by atoms with E-state index in [0.29, 0.717) is 26.2 Å². The van der Waals surface area contributed by atoms with E-state index in [-0.39, 0.29) is 16.9 Å². The van der Waals surface area contributed by atoms with Crippen LogP contribution >= 0.6 is 11.8 Å². The van der Waals surface area contributed by atoms with Gasteiger partial charge in [-0.3, -0.25) is 4.79 Å². The Labute approximate surface area is 148 Å². The van der Waals surface area contributed by atoms with E-state index < -0.39 is 10.0 Å². The molecule has 1 unspecified atom stereocenters. The number of hydrogen-bond acceptors (Lipinski definition) is 5. The van der Waals surface area contributed by atoms with E-state index >= 15 is 0 Å². The van der Waals surface area contributed by atoms with Crippen LogP contribution in [0.1, 0.15) is 13.8 Å². The molecule has 1 aromatic carbocycles. The van der Waals surface area contributed by atoms with Gasteiger partial charge < -0.3 is 9.64 Å². The van der Waals surface area contributed by atoms with Crippen LogP contribution in [0, 0.1) is 0 Å². The first-order valence-electron chi connectivity index (χ1n) is 7.94. The quantitative estimate of drug-likeness (QED) is 0.711. The summed E-state index contributed by atoms with van der Waals surface area (Å²) in [5, 5.41) is -0.215. The zero-order valence-electron chi connectivity index (χ0n) is 14.3. The Morgan fingerprint density at radius 2 is 1.79 bits per heavy atom. The number of sulfonamides is 1. The van der Waals surface area contributed by atoms with E-state index in [1.807, 2.05) is 31.2 Å². The number of hydrogen-bond donors (Lipinski definition) is 0. The molecule has 1 saturated heterocycles. The summed E-state index contributed by atoms with van der Waals surface area (Å²) in [4.78, 5) is 15.3. The zero-order chi connectivity index (χ0) is 17.7. The lowest BCUT2D eigenvalue weighted by Crippen LogP contribution is -2.52. The Kier molecular flexibility index (Phi) is 6.54. The summed E-state index contributed by atoms with van der Waals surface area (Å²) in [6.45, 7) is 5.17. The van der Waals surface area contributed by atoms with Crippen LogP contribution in [0.3, 0.4) is 0 Å². The van der Waals surface area contributed by atoms with Gasteiger partial charge in [-0.1, -0.05) is 0 Å². The molecule has 24 heavy (non-hydrogen) atoms. The lowest BCUT2D eigenvalue weighted by Gasteiger charge is -2.35. The van der Waals surface area contributed by atoms with Crippen LogP contribution in [0.2, 0.25) is 0 Å². The standard InChI is InChI=1S/C16H24N2O4S2/c1-4-24(20,21)18-11-9-17(10-12-18)16(19)13(2)23-15-7-5-14(22-3)6-8-15/h5-8,13H,4,9-12H2,1-3H3. The van der Waals surface area contributed by atoms with E-state index in [1.54, 1.807) is 18.9 Å². The van der Waals surface area contributed by atoms with Gasteiger partial charge in [0.2, 0.25) is 15.9 Å². The van der Waals surface area contributed by atoms with Gasteiger partial charge in [0, 0.05) is 31.1 Å². The van der Waals surface area contributed by atoms with E-state index in [2.05, 4.69) is 0 Å². The topological polar surface area (TPSA) is 66.9 Å². The van der Waals surface area contributed by atoms with Crippen LogP contribution in [-0.2, 0) is 14.8 Å². The van der Waals surface area contributed by atoms with Gasteiger partial charge in [-0.25, -0.2) is 8.42 Å². The molecular weight excluding hydrogens is 348 g/mol. The number of rotatable bonds is 6. The van der Waals surface area contributed by atoms with Crippen LogP contribution in [0.25, 0.3) is 0 Å². The van der Waals surface area contributed by atoms with Crippen molar-refractivity contribution < 1.29 is 17.9 Å². The molecule has 1 fully saturated rings. The van der Waals surface area contributed by atoms with Crippen LogP contribution in [0.5, 0.6) is 5.75 Å². The third-order valence-electron chi connectivity index (χ3n) is 4.03. The van der Waals surface area contributed by atoms with Crippen molar-refractivity contribution in [2.75, 3.05) is 39.0 Å². The van der Waals surface area contributed by atoms with E-state index in [9.17, 15) is 13.2 Å². The van der Waals surface area contributed by atoms with Gasteiger partial charge in [-0.05, 0) is 38.1 Å². The Hall–Kier alpha value is -1.25. The molecule has 1 aromatic rings. The minimum atomic E-state index is -3.17. The molecule has 1 heterocycles. The predicted octanol–water partition coefficient (Wildman–Crippen LogP) is 1.67. The second-order valence-electron chi connectivity index (χ2n) is 5.56. The SMILES string of the molecule is CCS(=O)(=O)N1CCN(C(=O)C(C)Sc2ccc(OC)cc2)CC1. The fourth-order valence-electron chi connectivity index (χ4n) is 2.54. The van der Waals surface area contributed by atoms with Crippen LogP contribution < -0.4 is 4.74 Å². The molecule has 0 aromatic heterocycles. The van der Waals surface area contributed by atoms with Crippen molar-refractivity contribution in [1.82, 2.24) is 9.21 Å². The van der Waals surface area contributed by atoms with Crippen molar-refractivity contribution in [1.29, 1.82) is 0 Å². The maximum Gasteiger partial charge on any atom is 0.235 e. The smallest absolute Gasteiger partial charge is 0.235 e. The Balaban J connectivity index is 1.89. The second-order valence-corrected chi connectivity index (χ2v) is 9.23. The van der Waals surface area contributed by atoms with Gasteiger partial charge in [0.1, 0.15) is 5.75 Å². The Morgan fingerprint density at radius 3 is 2.29 bits per heavy atom. The zero-order valence-corrected chi connectivity index (χ0v) is 15.9. The van der Waals surface area contributed by atoms with E-state index in [4.69, 9.17) is 4.74 Å². The molecule has 0 spiro atoms. The number of ether oxygens (including phenoxy) is 1. The summed E-state index contributed by atoms with van der Waals surface area (Å²) in [5.41, 5.74) is 0. The van der Waals surface area contributed by atoms with Crippen molar-refractivity contribution in [3.8, 4) is 5.75 Å². The van der Waals surface area contributed by atoms with Crippen LogP contribution in [-0.4, -0.2) is 67.8 Å². The molecule has 0 radical (unpaired) electrons. The van der Waals surface area contributed by atoms with Crippen molar-refractivity contribution in [2.45, 2.75) is 24.0 Å². The molecule has 1 atom stereocenters. The number of carbonyl (C=O) groups excluding carboxylic acids is 1. The molecule has 1 aliphatic rings. The number of piperazine rings is 1. The number of carbonyl (C=O) groups is 1. The first-order chi connectivity index (χ1) is 11.4. The first kappa shape index (κ1) is 19.1. The van der Waals surface area contributed by atoms with Gasteiger partial charge in [-0.2, -0.15) is 4.31 Å². The van der Waals surface area contributed by atoms with Crippen molar-refractivity contribution >= 4 is 27.7 Å². The average Bonchev–Trinajstić information content (AvgIpc) is 2.61. The number of nitrogens with zero attached hydrogens (tertiary/aromatic N) is 2. The third kappa shape index (κ3) is 4.64. The molecule has 0 aliphatic carbocycles. The maximum atomic E-state index is 12.6. The summed E-state index contributed by atoms with van der Waals surface area (Å²) in [6.07, 6.45) is 0. The number of amides is 1. The monoisotopic (exact) mass is 372 g/mol. The fraction of sp³-hybridized carbons (Fsp3) is 0.562. The van der Waals surface area contributed by atoms with E-state index in [0.717, 1.165) is 10.6 Å². The minimum absolute atomic E-state index is 0.0457. The molecule has 2 rings (SSSR count). The molecular formula is C16H24N2O4S2. The highest BCUT2D eigenvalue weighted by molar-refractivity contribution is 8.00. The summed E-state index contributed by atoms with van der Waals surface area (Å²) < 4.78 is 30.3. The summed E-state index contributed by atoms with van der Waals surface area (Å²) in [6, 6.07) is 7.60. The number of thioether (sulfide) groups is 1. The van der Waals surface area contributed by atoms with Gasteiger partial charge in [0.15, 0.2) is 0 Å². The molecule has 8 heteroatoms. The van der Waals surface area contributed by atoms with Gasteiger partial charge in [0.05, 0.1) is 18.1 Å². The molecule has 134 valence electrons. The summed E-state index contributed by atoms with van der Waals surface area (Å²) in [5.74, 6) is 0.931. The Bertz CT molecular complexity index is 653. The lowest BCUT2D eigenvalue weighted by atomic mass is 10.3. The van der Waals surface area contributed by atoms with Crippen LogP contribution in [0.15, 0.2) is 29.2 Å². The maximum absolute atomic E-state index is 12.6. The summed E-state index contributed by atoms with van der Waals surface area (Å²) in [7, 11) is -1.55.